The number of ketones is 1. The van der Waals surface area contributed by atoms with Crippen molar-refractivity contribution in [3.05, 3.63) is 33.3 Å². The second-order valence-corrected chi connectivity index (χ2v) is 6.40. The summed E-state index contributed by atoms with van der Waals surface area (Å²) in [5, 5.41) is 0.638. The van der Waals surface area contributed by atoms with Crippen LogP contribution in [0.4, 0.5) is 0 Å². The van der Waals surface area contributed by atoms with E-state index in [0.29, 0.717) is 17.0 Å². The van der Waals surface area contributed by atoms with Crippen LogP contribution >= 0.6 is 27.5 Å². The molecule has 0 bridgehead atoms. The number of carbonyl (C=O) groups is 1. The van der Waals surface area contributed by atoms with Gasteiger partial charge in [-0.15, -0.1) is 0 Å². The molecule has 1 aromatic carbocycles. The third kappa shape index (κ3) is 4.26. The van der Waals surface area contributed by atoms with Crippen LogP contribution in [0.1, 0.15) is 44.0 Å². The minimum absolute atomic E-state index is 0.165. The Morgan fingerprint density at radius 2 is 2.00 bits per heavy atom. The lowest BCUT2D eigenvalue weighted by Crippen LogP contribution is -2.09. The lowest BCUT2D eigenvalue weighted by molar-refractivity contribution is 0.0965. The summed E-state index contributed by atoms with van der Waals surface area (Å²) in [6.07, 6.45) is 1.46. The summed E-state index contributed by atoms with van der Waals surface area (Å²) in [4.78, 5) is 12.0. The fourth-order valence-electron chi connectivity index (χ4n) is 1.34. The Bertz CT molecular complexity index is 393. The molecule has 0 saturated carbocycles. The van der Waals surface area contributed by atoms with Gasteiger partial charge in [0, 0.05) is 21.5 Å². The lowest BCUT2D eigenvalue weighted by atomic mass is 9.88. The standard InChI is InChI=1S/C13H16BrClO/c1-13(2,3)7-6-12(16)10-5-4-9(15)8-11(10)14/h4-5,8H,6-7H2,1-3H3. The van der Waals surface area contributed by atoms with Crippen molar-refractivity contribution in [2.24, 2.45) is 5.41 Å². The number of rotatable bonds is 3. The van der Waals surface area contributed by atoms with E-state index in [9.17, 15) is 4.79 Å². The van der Waals surface area contributed by atoms with E-state index in [2.05, 4.69) is 36.7 Å². The molecule has 16 heavy (non-hydrogen) atoms. The van der Waals surface area contributed by atoms with Crippen molar-refractivity contribution in [1.82, 2.24) is 0 Å². The highest BCUT2D eigenvalue weighted by molar-refractivity contribution is 9.10. The van der Waals surface area contributed by atoms with Gasteiger partial charge in [-0.1, -0.05) is 32.4 Å². The van der Waals surface area contributed by atoms with Crippen LogP contribution in [0.15, 0.2) is 22.7 Å². The Hall–Kier alpha value is -0.340. The largest absolute Gasteiger partial charge is 0.294 e. The highest BCUT2D eigenvalue weighted by Gasteiger charge is 2.15. The van der Waals surface area contributed by atoms with Crippen molar-refractivity contribution in [2.75, 3.05) is 0 Å². The van der Waals surface area contributed by atoms with Gasteiger partial charge in [0.15, 0.2) is 5.78 Å². The molecule has 0 unspecified atom stereocenters. The molecule has 0 aliphatic carbocycles. The minimum atomic E-state index is 0.165. The van der Waals surface area contributed by atoms with Crippen LogP contribution in [0.3, 0.4) is 0 Å². The summed E-state index contributed by atoms with van der Waals surface area (Å²) >= 11 is 9.19. The Morgan fingerprint density at radius 3 is 2.50 bits per heavy atom. The van der Waals surface area contributed by atoms with Crippen molar-refractivity contribution in [3.8, 4) is 0 Å². The van der Waals surface area contributed by atoms with Gasteiger partial charge in [-0.2, -0.15) is 0 Å². The van der Waals surface area contributed by atoms with E-state index < -0.39 is 0 Å². The monoisotopic (exact) mass is 302 g/mol. The maximum atomic E-state index is 12.0. The Morgan fingerprint density at radius 1 is 1.38 bits per heavy atom. The van der Waals surface area contributed by atoms with Crippen LogP contribution in [0.5, 0.6) is 0 Å². The van der Waals surface area contributed by atoms with Gasteiger partial charge in [0.1, 0.15) is 0 Å². The number of benzene rings is 1. The van der Waals surface area contributed by atoms with Crippen LogP contribution in [-0.4, -0.2) is 5.78 Å². The molecule has 0 spiro atoms. The first kappa shape index (κ1) is 13.7. The summed E-state index contributed by atoms with van der Waals surface area (Å²) in [5.41, 5.74) is 0.905. The average Bonchev–Trinajstić information content (AvgIpc) is 2.13. The molecule has 1 rings (SSSR count). The van der Waals surface area contributed by atoms with E-state index >= 15 is 0 Å². The maximum absolute atomic E-state index is 12.0. The molecule has 0 N–H and O–H groups in total. The van der Waals surface area contributed by atoms with E-state index in [-0.39, 0.29) is 11.2 Å². The van der Waals surface area contributed by atoms with Crippen LogP contribution in [0.25, 0.3) is 0 Å². The van der Waals surface area contributed by atoms with Gasteiger partial charge in [0.05, 0.1) is 0 Å². The fourth-order valence-corrected chi connectivity index (χ4v) is 2.24. The molecule has 0 aromatic heterocycles. The number of carbonyl (C=O) groups excluding carboxylic acids is 1. The first-order chi connectivity index (χ1) is 7.29. The highest BCUT2D eigenvalue weighted by atomic mass is 79.9. The molecular formula is C13H16BrClO. The van der Waals surface area contributed by atoms with Crippen LogP contribution < -0.4 is 0 Å². The summed E-state index contributed by atoms with van der Waals surface area (Å²) in [6.45, 7) is 6.41. The molecule has 88 valence electrons. The van der Waals surface area contributed by atoms with Crippen molar-refractivity contribution in [1.29, 1.82) is 0 Å². The molecule has 0 amide bonds. The Balaban J connectivity index is 2.74. The van der Waals surface area contributed by atoms with Gasteiger partial charge in [0.2, 0.25) is 0 Å². The molecule has 1 aromatic rings. The second-order valence-electron chi connectivity index (χ2n) is 5.11. The second kappa shape index (κ2) is 5.33. The molecule has 0 aliphatic heterocycles. The fraction of sp³-hybridized carbons (Fsp3) is 0.462. The first-order valence-corrected chi connectivity index (χ1v) is 6.45. The SMILES string of the molecule is CC(C)(C)CCC(=O)c1ccc(Cl)cc1Br. The van der Waals surface area contributed by atoms with E-state index in [1.54, 1.807) is 18.2 Å². The van der Waals surface area contributed by atoms with Crippen LogP contribution in [0, 0.1) is 5.41 Å². The van der Waals surface area contributed by atoms with Gasteiger partial charge in [-0.25, -0.2) is 0 Å². The zero-order valence-electron chi connectivity index (χ0n) is 9.81. The lowest BCUT2D eigenvalue weighted by Gasteiger charge is -2.17. The topological polar surface area (TPSA) is 17.1 Å². The molecule has 0 atom stereocenters. The molecule has 0 heterocycles. The molecule has 0 saturated heterocycles. The molecule has 0 aliphatic rings. The number of hydrogen-bond acceptors (Lipinski definition) is 1. The predicted molar refractivity (Wildman–Crippen MR) is 72.2 cm³/mol. The summed E-state index contributed by atoms with van der Waals surface area (Å²) in [5.74, 6) is 0.165. The summed E-state index contributed by atoms with van der Waals surface area (Å²) in [7, 11) is 0. The summed E-state index contributed by atoms with van der Waals surface area (Å²) in [6, 6.07) is 5.28. The molecule has 3 heteroatoms. The third-order valence-corrected chi connectivity index (χ3v) is 3.22. The molecule has 0 radical (unpaired) electrons. The van der Waals surface area contributed by atoms with Gasteiger partial charge in [-0.3, -0.25) is 4.79 Å². The normalized spacial score (nSPS) is 11.6. The smallest absolute Gasteiger partial charge is 0.164 e. The highest BCUT2D eigenvalue weighted by Crippen LogP contribution is 2.26. The van der Waals surface area contributed by atoms with Gasteiger partial charge < -0.3 is 0 Å². The van der Waals surface area contributed by atoms with Crippen LogP contribution in [0.2, 0.25) is 5.02 Å². The van der Waals surface area contributed by atoms with Gasteiger partial charge >= 0.3 is 0 Å². The molecule has 1 nitrogen and oxygen atoms in total. The quantitative estimate of drug-likeness (QED) is 0.709. The first-order valence-electron chi connectivity index (χ1n) is 5.28. The van der Waals surface area contributed by atoms with Gasteiger partial charge in [0.25, 0.3) is 0 Å². The van der Waals surface area contributed by atoms with Crippen molar-refractivity contribution >= 4 is 33.3 Å². The van der Waals surface area contributed by atoms with Crippen LogP contribution in [-0.2, 0) is 0 Å². The third-order valence-electron chi connectivity index (χ3n) is 2.33. The van der Waals surface area contributed by atoms with Crippen molar-refractivity contribution in [2.45, 2.75) is 33.6 Å². The Labute approximate surface area is 110 Å². The molecular weight excluding hydrogens is 287 g/mol. The van der Waals surface area contributed by atoms with E-state index in [0.717, 1.165) is 10.9 Å². The number of halogens is 2. The van der Waals surface area contributed by atoms with E-state index in [1.165, 1.54) is 0 Å². The number of hydrogen-bond donors (Lipinski definition) is 0. The predicted octanol–water partition coefficient (Wildman–Crippen LogP) is 5.11. The average molecular weight is 304 g/mol. The number of Topliss-reactive ketones (excluding diaryl/α,β-unsaturated/α-hetero) is 1. The van der Waals surface area contributed by atoms with Crippen molar-refractivity contribution < 1.29 is 4.79 Å². The zero-order chi connectivity index (χ0) is 12.3. The van der Waals surface area contributed by atoms with Gasteiger partial charge in [-0.05, 0) is 46.0 Å². The minimum Gasteiger partial charge on any atom is -0.294 e. The zero-order valence-corrected chi connectivity index (χ0v) is 12.2. The van der Waals surface area contributed by atoms with E-state index in [1.807, 2.05) is 0 Å². The maximum Gasteiger partial charge on any atom is 0.164 e. The Kier molecular flexibility index (Phi) is 4.57. The summed E-state index contributed by atoms with van der Waals surface area (Å²) < 4.78 is 0.777. The van der Waals surface area contributed by atoms with E-state index in [4.69, 9.17) is 11.6 Å². The molecule has 0 fully saturated rings. The van der Waals surface area contributed by atoms with Crippen molar-refractivity contribution in [3.63, 3.8) is 0 Å².